The van der Waals surface area contributed by atoms with Gasteiger partial charge in [0.15, 0.2) is 5.96 Å². The van der Waals surface area contributed by atoms with E-state index in [0.29, 0.717) is 5.96 Å². The molecule has 2 amide bonds. The molecule has 142 valence electrons. The first-order chi connectivity index (χ1) is 11.8. The summed E-state index contributed by atoms with van der Waals surface area (Å²) in [4.78, 5) is 31.9. The van der Waals surface area contributed by atoms with Gasteiger partial charge in [0.2, 0.25) is 11.8 Å². The van der Waals surface area contributed by atoms with Crippen molar-refractivity contribution in [2.45, 2.75) is 32.7 Å². The molecule has 25 heavy (non-hydrogen) atoms. The fourth-order valence-electron chi connectivity index (χ4n) is 3.18. The number of likely N-dealkylation sites (tertiary alicyclic amines) is 1. The molecule has 1 atom stereocenters. The second kappa shape index (κ2) is 8.51. The lowest BCUT2D eigenvalue weighted by atomic mass is 9.87. The van der Waals surface area contributed by atoms with Crippen molar-refractivity contribution in [1.29, 1.82) is 0 Å². The third-order valence-electron chi connectivity index (χ3n) is 4.64. The molecule has 1 unspecified atom stereocenters. The Balaban J connectivity index is 2.01. The van der Waals surface area contributed by atoms with Crippen LogP contribution >= 0.6 is 0 Å². The van der Waals surface area contributed by atoms with Crippen molar-refractivity contribution < 1.29 is 14.3 Å². The number of rotatable bonds is 5. The number of carbonyl (C=O) groups is 2. The standard InChI is InChI=1S/C17H31N5O3/c1-13(2)20-14(23)9-18-16(19-10-15(24)21(3)4)22-7-5-17(11-22)6-8-25-12-17/h13H,5-12H2,1-4H3,(H,18,19)(H,20,23). The fraction of sp³-hybridized carbons (Fsp3) is 0.824. The van der Waals surface area contributed by atoms with Gasteiger partial charge in [0.05, 0.1) is 13.2 Å². The number of nitrogens with one attached hydrogen (secondary N) is 2. The zero-order chi connectivity index (χ0) is 18.4. The maximum atomic E-state index is 11.9. The Hall–Kier alpha value is -1.83. The molecule has 0 radical (unpaired) electrons. The number of amides is 2. The summed E-state index contributed by atoms with van der Waals surface area (Å²) in [5, 5.41) is 5.95. The van der Waals surface area contributed by atoms with Crippen LogP contribution in [-0.2, 0) is 14.3 Å². The molecule has 0 aromatic rings. The monoisotopic (exact) mass is 353 g/mol. The molecular weight excluding hydrogens is 322 g/mol. The Bertz CT molecular complexity index is 512. The van der Waals surface area contributed by atoms with Crippen LogP contribution in [0.3, 0.4) is 0 Å². The third kappa shape index (κ3) is 5.59. The molecule has 0 saturated carbocycles. The van der Waals surface area contributed by atoms with Crippen molar-refractivity contribution >= 4 is 17.8 Å². The minimum Gasteiger partial charge on any atom is -0.381 e. The van der Waals surface area contributed by atoms with E-state index in [1.807, 2.05) is 13.8 Å². The van der Waals surface area contributed by atoms with Crippen molar-refractivity contribution in [3.8, 4) is 0 Å². The molecule has 2 saturated heterocycles. The molecule has 0 bridgehead atoms. The van der Waals surface area contributed by atoms with Crippen molar-refractivity contribution in [3.05, 3.63) is 0 Å². The predicted molar refractivity (Wildman–Crippen MR) is 96.3 cm³/mol. The van der Waals surface area contributed by atoms with Gasteiger partial charge in [-0.2, -0.15) is 0 Å². The van der Waals surface area contributed by atoms with E-state index >= 15 is 0 Å². The first-order valence-electron chi connectivity index (χ1n) is 8.92. The van der Waals surface area contributed by atoms with Crippen LogP contribution in [0, 0.1) is 5.41 Å². The number of hydrogen-bond donors (Lipinski definition) is 2. The van der Waals surface area contributed by atoms with Gasteiger partial charge in [-0.15, -0.1) is 0 Å². The van der Waals surface area contributed by atoms with Crippen LogP contribution in [-0.4, -0.2) is 87.1 Å². The normalized spacial score (nSPS) is 23.4. The van der Waals surface area contributed by atoms with Gasteiger partial charge >= 0.3 is 0 Å². The molecule has 2 fully saturated rings. The zero-order valence-electron chi connectivity index (χ0n) is 15.8. The topological polar surface area (TPSA) is 86.3 Å². The summed E-state index contributed by atoms with van der Waals surface area (Å²) >= 11 is 0. The minimum absolute atomic E-state index is 0.0301. The second-order valence-corrected chi connectivity index (χ2v) is 7.48. The Morgan fingerprint density at radius 3 is 2.68 bits per heavy atom. The Labute approximate surface area is 150 Å². The number of nitrogens with zero attached hydrogens (tertiary/aromatic N) is 3. The van der Waals surface area contributed by atoms with E-state index in [0.717, 1.165) is 39.1 Å². The van der Waals surface area contributed by atoms with Gasteiger partial charge in [-0.25, -0.2) is 4.99 Å². The van der Waals surface area contributed by atoms with E-state index in [4.69, 9.17) is 4.74 Å². The van der Waals surface area contributed by atoms with Crippen LogP contribution in [0.15, 0.2) is 4.99 Å². The van der Waals surface area contributed by atoms with Crippen molar-refractivity contribution in [2.24, 2.45) is 10.4 Å². The van der Waals surface area contributed by atoms with Gasteiger partial charge in [0, 0.05) is 45.2 Å². The van der Waals surface area contributed by atoms with E-state index in [1.165, 1.54) is 4.90 Å². The molecule has 1 spiro atoms. The van der Waals surface area contributed by atoms with Crippen LogP contribution in [0.2, 0.25) is 0 Å². The summed E-state index contributed by atoms with van der Waals surface area (Å²) < 4.78 is 5.57. The second-order valence-electron chi connectivity index (χ2n) is 7.48. The highest BCUT2D eigenvalue weighted by Gasteiger charge is 2.42. The Kier molecular flexibility index (Phi) is 6.64. The number of aliphatic imine (C=N–C) groups is 1. The Morgan fingerprint density at radius 2 is 2.08 bits per heavy atom. The van der Waals surface area contributed by atoms with Crippen LogP contribution < -0.4 is 10.6 Å². The van der Waals surface area contributed by atoms with E-state index in [9.17, 15) is 9.59 Å². The summed E-state index contributed by atoms with van der Waals surface area (Å²) in [6.07, 6.45) is 2.11. The SMILES string of the molecule is CC(C)NC(=O)CN=C(NCC(=O)N(C)C)N1CCC2(CCOC2)C1. The van der Waals surface area contributed by atoms with E-state index in [-0.39, 0.29) is 36.4 Å². The molecule has 2 N–H and O–H groups in total. The molecule has 2 heterocycles. The molecule has 0 aliphatic carbocycles. The Morgan fingerprint density at radius 1 is 1.32 bits per heavy atom. The minimum atomic E-state index is -0.119. The highest BCUT2D eigenvalue weighted by Crippen LogP contribution is 2.38. The predicted octanol–water partition coefficient (Wildman–Crippen LogP) is -0.343. The lowest BCUT2D eigenvalue weighted by Gasteiger charge is -2.25. The van der Waals surface area contributed by atoms with Crippen LogP contribution in [0.25, 0.3) is 0 Å². The lowest BCUT2D eigenvalue weighted by Crippen LogP contribution is -2.46. The zero-order valence-corrected chi connectivity index (χ0v) is 15.8. The first kappa shape index (κ1) is 19.5. The molecule has 0 aromatic carbocycles. The van der Waals surface area contributed by atoms with Crippen molar-refractivity contribution in [3.63, 3.8) is 0 Å². The van der Waals surface area contributed by atoms with Crippen molar-refractivity contribution in [2.75, 3.05) is 53.5 Å². The number of carbonyl (C=O) groups excluding carboxylic acids is 2. The van der Waals surface area contributed by atoms with Crippen LogP contribution in [0.1, 0.15) is 26.7 Å². The summed E-state index contributed by atoms with van der Waals surface area (Å²) in [5.41, 5.74) is 0.189. The molecule has 2 aliphatic heterocycles. The first-order valence-corrected chi connectivity index (χ1v) is 8.92. The van der Waals surface area contributed by atoms with Gasteiger partial charge in [0.1, 0.15) is 6.54 Å². The average molecular weight is 353 g/mol. The molecular formula is C17H31N5O3. The number of ether oxygens (including phenoxy) is 1. The van der Waals surface area contributed by atoms with E-state index < -0.39 is 0 Å². The van der Waals surface area contributed by atoms with E-state index in [1.54, 1.807) is 14.1 Å². The maximum absolute atomic E-state index is 11.9. The summed E-state index contributed by atoms with van der Waals surface area (Å²) in [6.45, 7) is 7.35. The molecule has 8 nitrogen and oxygen atoms in total. The van der Waals surface area contributed by atoms with Gasteiger partial charge < -0.3 is 25.2 Å². The number of guanidine groups is 1. The van der Waals surface area contributed by atoms with Gasteiger partial charge in [-0.3, -0.25) is 9.59 Å². The van der Waals surface area contributed by atoms with Crippen LogP contribution in [0.5, 0.6) is 0 Å². The summed E-state index contributed by atoms with van der Waals surface area (Å²) in [5.74, 6) is 0.474. The van der Waals surface area contributed by atoms with Gasteiger partial charge in [-0.1, -0.05) is 0 Å². The number of likely N-dealkylation sites (N-methyl/N-ethyl adjacent to an activating group) is 1. The number of hydrogen-bond acceptors (Lipinski definition) is 4. The molecule has 2 rings (SSSR count). The molecule has 8 heteroatoms. The fourth-order valence-corrected chi connectivity index (χ4v) is 3.18. The van der Waals surface area contributed by atoms with Gasteiger partial charge in [-0.05, 0) is 26.7 Å². The lowest BCUT2D eigenvalue weighted by molar-refractivity contribution is -0.127. The van der Waals surface area contributed by atoms with E-state index in [2.05, 4.69) is 20.5 Å². The third-order valence-corrected chi connectivity index (χ3v) is 4.64. The summed E-state index contributed by atoms with van der Waals surface area (Å²) in [6, 6.07) is 0.0834. The van der Waals surface area contributed by atoms with Crippen molar-refractivity contribution in [1.82, 2.24) is 20.4 Å². The average Bonchev–Trinajstić information content (AvgIpc) is 3.16. The van der Waals surface area contributed by atoms with Crippen LogP contribution in [0.4, 0.5) is 0 Å². The maximum Gasteiger partial charge on any atom is 0.242 e. The molecule has 0 aromatic heterocycles. The highest BCUT2D eigenvalue weighted by molar-refractivity contribution is 5.88. The quantitative estimate of drug-likeness (QED) is 0.522. The summed E-state index contributed by atoms with van der Waals surface area (Å²) in [7, 11) is 3.44. The molecule has 2 aliphatic rings. The largest absolute Gasteiger partial charge is 0.381 e. The van der Waals surface area contributed by atoms with Gasteiger partial charge in [0.25, 0.3) is 0 Å². The smallest absolute Gasteiger partial charge is 0.242 e. The highest BCUT2D eigenvalue weighted by atomic mass is 16.5.